The van der Waals surface area contributed by atoms with Crippen molar-refractivity contribution in [3.05, 3.63) is 48.0 Å². The summed E-state index contributed by atoms with van der Waals surface area (Å²) in [7, 11) is 0. The largest absolute Gasteiger partial charge is 0.491 e. The van der Waals surface area contributed by atoms with E-state index in [0.29, 0.717) is 12.0 Å². The van der Waals surface area contributed by atoms with Crippen LogP contribution >= 0.6 is 0 Å². The monoisotopic (exact) mass is 286 g/mol. The van der Waals surface area contributed by atoms with E-state index in [1.54, 1.807) is 12.3 Å². The van der Waals surface area contributed by atoms with Crippen LogP contribution in [0.1, 0.15) is 43.4 Å². The maximum atomic E-state index is 12.4. The molecule has 0 spiro atoms. The second-order valence-electron chi connectivity index (χ2n) is 5.33. The van der Waals surface area contributed by atoms with Crippen molar-refractivity contribution >= 4 is 5.78 Å². The number of nitrogens with zero attached hydrogens (tertiary/aromatic N) is 2. The Bertz CT molecular complexity index is 602. The molecule has 2 aromatic rings. The third-order valence-electron chi connectivity index (χ3n) is 3.11. The summed E-state index contributed by atoms with van der Waals surface area (Å²) in [5.74, 6) is 1.61. The van der Waals surface area contributed by atoms with Gasteiger partial charge in [-0.3, -0.25) is 4.79 Å². The van der Waals surface area contributed by atoms with Crippen LogP contribution in [0.25, 0.3) is 0 Å². The highest BCUT2D eigenvalue weighted by Crippen LogP contribution is 2.16. The summed E-state index contributed by atoms with van der Waals surface area (Å²) in [6.45, 7) is 6.93. The Hall–Kier alpha value is -2.10. The number of hydrogen-bond donors (Lipinski definition) is 0. The molecule has 1 heterocycles. The third-order valence-corrected chi connectivity index (χ3v) is 3.11. The Labute approximate surface area is 125 Å². The minimum Gasteiger partial charge on any atom is -0.491 e. The summed E-state index contributed by atoms with van der Waals surface area (Å²) in [5, 5.41) is 0. The molecule has 112 valence electrons. The molecule has 0 saturated carbocycles. The normalized spacial score (nSPS) is 10.9. The Morgan fingerprint density at radius 2 is 2.19 bits per heavy atom. The lowest BCUT2D eigenvalue weighted by atomic mass is 10.1. The molecule has 0 radical (unpaired) electrons. The Morgan fingerprint density at radius 1 is 1.38 bits per heavy atom. The molecule has 1 aromatic heterocycles. The quantitative estimate of drug-likeness (QED) is 0.732. The van der Waals surface area contributed by atoms with Gasteiger partial charge in [-0.2, -0.15) is 0 Å². The molecule has 0 amide bonds. The van der Waals surface area contributed by atoms with E-state index < -0.39 is 0 Å². The minimum atomic E-state index is 0.0627. The van der Waals surface area contributed by atoms with Crippen LogP contribution in [0, 0.1) is 0 Å². The van der Waals surface area contributed by atoms with Crippen molar-refractivity contribution in [3.63, 3.8) is 0 Å². The van der Waals surface area contributed by atoms with Crippen molar-refractivity contribution in [2.45, 2.75) is 46.3 Å². The Kier molecular flexibility index (Phi) is 5.14. The number of aryl methyl sites for hydroxylation is 1. The SMILES string of the molecule is CCCn1ccnc1CC(=O)c1cccc(OC(C)C)c1. The lowest BCUT2D eigenvalue weighted by Crippen LogP contribution is -2.11. The van der Waals surface area contributed by atoms with Gasteiger partial charge < -0.3 is 9.30 Å². The first-order chi connectivity index (χ1) is 10.1. The van der Waals surface area contributed by atoms with Gasteiger partial charge in [-0.25, -0.2) is 4.98 Å². The third kappa shape index (κ3) is 4.18. The Balaban J connectivity index is 2.11. The number of carbonyl (C=O) groups is 1. The van der Waals surface area contributed by atoms with Crippen molar-refractivity contribution in [1.29, 1.82) is 0 Å². The maximum Gasteiger partial charge on any atom is 0.170 e. The highest BCUT2D eigenvalue weighted by Gasteiger charge is 2.12. The van der Waals surface area contributed by atoms with Gasteiger partial charge in [-0.1, -0.05) is 19.1 Å². The van der Waals surface area contributed by atoms with Gasteiger partial charge in [0.2, 0.25) is 0 Å². The molecule has 0 fully saturated rings. The van der Waals surface area contributed by atoms with Gasteiger partial charge >= 0.3 is 0 Å². The van der Waals surface area contributed by atoms with Crippen LogP contribution in [0.3, 0.4) is 0 Å². The van der Waals surface area contributed by atoms with Crippen LogP contribution in [-0.4, -0.2) is 21.4 Å². The molecule has 0 aliphatic carbocycles. The summed E-state index contributed by atoms with van der Waals surface area (Å²) in [4.78, 5) is 16.7. The zero-order chi connectivity index (χ0) is 15.2. The molecular weight excluding hydrogens is 264 g/mol. The molecule has 0 unspecified atom stereocenters. The van der Waals surface area contributed by atoms with E-state index in [9.17, 15) is 4.79 Å². The van der Waals surface area contributed by atoms with Crippen molar-refractivity contribution in [1.82, 2.24) is 9.55 Å². The standard InChI is InChI=1S/C17H22N2O2/c1-4-9-19-10-8-18-17(19)12-16(20)14-6-5-7-15(11-14)21-13(2)3/h5-8,10-11,13H,4,9,12H2,1-3H3. The number of Topliss-reactive ketones (excluding diaryl/α,β-unsaturated/α-hetero) is 1. The summed E-state index contributed by atoms with van der Waals surface area (Å²) in [6.07, 6.45) is 5.10. The van der Waals surface area contributed by atoms with Crippen LogP contribution < -0.4 is 4.74 Å². The molecule has 0 atom stereocenters. The molecule has 2 rings (SSSR count). The van der Waals surface area contributed by atoms with Gasteiger partial charge in [-0.05, 0) is 32.4 Å². The van der Waals surface area contributed by atoms with Gasteiger partial charge in [0, 0.05) is 24.5 Å². The fraction of sp³-hybridized carbons (Fsp3) is 0.412. The predicted octanol–water partition coefficient (Wildman–Crippen LogP) is 3.51. The van der Waals surface area contributed by atoms with Gasteiger partial charge in [0.05, 0.1) is 12.5 Å². The van der Waals surface area contributed by atoms with Crippen molar-refractivity contribution < 1.29 is 9.53 Å². The molecule has 0 saturated heterocycles. The van der Waals surface area contributed by atoms with E-state index in [0.717, 1.165) is 24.5 Å². The molecule has 0 bridgehead atoms. The zero-order valence-electron chi connectivity index (χ0n) is 12.9. The highest BCUT2D eigenvalue weighted by molar-refractivity contribution is 5.97. The fourth-order valence-corrected chi connectivity index (χ4v) is 2.21. The number of hydrogen-bond acceptors (Lipinski definition) is 3. The highest BCUT2D eigenvalue weighted by atomic mass is 16.5. The van der Waals surface area contributed by atoms with Crippen molar-refractivity contribution in [2.75, 3.05) is 0 Å². The number of rotatable bonds is 7. The molecule has 4 nitrogen and oxygen atoms in total. The van der Waals surface area contributed by atoms with E-state index in [1.807, 2.05) is 42.8 Å². The predicted molar refractivity (Wildman–Crippen MR) is 82.8 cm³/mol. The molecule has 0 N–H and O–H groups in total. The first-order valence-corrected chi connectivity index (χ1v) is 7.40. The lowest BCUT2D eigenvalue weighted by Gasteiger charge is -2.11. The Morgan fingerprint density at radius 3 is 2.90 bits per heavy atom. The number of benzene rings is 1. The van der Waals surface area contributed by atoms with Gasteiger partial charge in [-0.15, -0.1) is 0 Å². The van der Waals surface area contributed by atoms with E-state index in [2.05, 4.69) is 11.9 Å². The first kappa shape index (κ1) is 15.3. The van der Waals surface area contributed by atoms with Crippen molar-refractivity contribution in [3.8, 4) is 5.75 Å². The second-order valence-corrected chi connectivity index (χ2v) is 5.33. The van der Waals surface area contributed by atoms with Crippen LogP contribution in [0.4, 0.5) is 0 Å². The minimum absolute atomic E-state index is 0.0627. The topological polar surface area (TPSA) is 44.1 Å². The smallest absolute Gasteiger partial charge is 0.170 e. The van der Waals surface area contributed by atoms with Gasteiger partial charge in [0.15, 0.2) is 5.78 Å². The number of ether oxygens (including phenoxy) is 1. The average molecular weight is 286 g/mol. The fourth-order valence-electron chi connectivity index (χ4n) is 2.21. The zero-order valence-corrected chi connectivity index (χ0v) is 12.9. The average Bonchev–Trinajstić information content (AvgIpc) is 2.86. The van der Waals surface area contributed by atoms with Crippen molar-refractivity contribution in [2.24, 2.45) is 0 Å². The van der Waals surface area contributed by atoms with Crippen LogP contribution in [-0.2, 0) is 13.0 Å². The summed E-state index contributed by atoms with van der Waals surface area (Å²) in [5.41, 5.74) is 0.666. The number of imidazole rings is 1. The van der Waals surface area contributed by atoms with Gasteiger partial charge in [0.25, 0.3) is 0 Å². The molecule has 0 aliphatic heterocycles. The molecule has 4 heteroatoms. The summed E-state index contributed by atoms with van der Waals surface area (Å²) >= 11 is 0. The van der Waals surface area contributed by atoms with E-state index >= 15 is 0 Å². The van der Waals surface area contributed by atoms with E-state index in [1.165, 1.54) is 0 Å². The van der Waals surface area contributed by atoms with Gasteiger partial charge in [0.1, 0.15) is 11.6 Å². The molecule has 1 aromatic carbocycles. The van der Waals surface area contributed by atoms with E-state index in [4.69, 9.17) is 4.74 Å². The lowest BCUT2D eigenvalue weighted by molar-refractivity contribution is 0.0989. The first-order valence-electron chi connectivity index (χ1n) is 7.40. The number of ketones is 1. The second kappa shape index (κ2) is 7.07. The molecule has 21 heavy (non-hydrogen) atoms. The van der Waals surface area contributed by atoms with Crippen LogP contribution in [0.5, 0.6) is 5.75 Å². The van der Waals surface area contributed by atoms with Crippen LogP contribution in [0.15, 0.2) is 36.7 Å². The molecular formula is C17H22N2O2. The summed E-state index contributed by atoms with van der Waals surface area (Å²) < 4.78 is 7.66. The maximum absolute atomic E-state index is 12.4. The number of aromatic nitrogens is 2. The van der Waals surface area contributed by atoms with E-state index in [-0.39, 0.29) is 11.9 Å². The summed E-state index contributed by atoms with van der Waals surface area (Å²) in [6, 6.07) is 7.34. The van der Waals surface area contributed by atoms with Crippen LogP contribution in [0.2, 0.25) is 0 Å². The molecule has 0 aliphatic rings. The number of carbonyl (C=O) groups excluding carboxylic acids is 1.